The molecule has 5 nitrogen and oxygen atoms in total. The Morgan fingerprint density at radius 3 is 2.74 bits per heavy atom. The Labute approximate surface area is 118 Å². The fraction of sp³-hybridized carbons (Fsp3) is 0.769. The lowest BCUT2D eigenvalue weighted by molar-refractivity contribution is 0.0665. The Morgan fingerprint density at radius 2 is 2.16 bits per heavy atom. The Bertz CT molecular complexity index is 438. The second-order valence-corrected chi connectivity index (χ2v) is 6.16. The third kappa shape index (κ3) is 3.12. The summed E-state index contributed by atoms with van der Waals surface area (Å²) in [5, 5.41) is 7.42. The Kier molecular flexibility index (Phi) is 4.52. The predicted octanol–water partition coefficient (Wildman–Crippen LogP) is 1.70. The summed E-state index contributed by atoms with van der Waals surface area (Å²) in [7, 11) is 1.99. The molecule has 0 atom stereocenters. The van der Waals surface area contributed by atoms with Crippen LogP contribution in [-0.4, -0.2) is 46.1 Å². The van der Waals surface area contributed by atoms with Gasteiger partial charge in [-0.05, 0) is 44.8 Å². The number of aryl methyl sites for hydroxylation is 1. The number of nitrogens with zero attached hydrogens (tertiary/aromatic N) is 3. The van der Waals surface area contributed by atoms with Crippen LogP contribution in [0.2, 0.25) is 0 Å². The quantitative estimate of drug-likeness (QED) is 0.913. The summed E-state index contributed by atoms with van der Waals surface area (Å²) in [5.41, 5.74) is 1.02. The topological polar surface area (TPSA) is 58.1 Å². The van der Waals surface area contributed by atoms with Gasteiger partial charge < -0.3 is 10.2 Å². The molecule has 6 heteroatoms. The van der Waals surface area contributed by atoms with E-state index in [-0.39, 0.29) is 11.4 Å². The van der Waals surface area contributed by atoms with Gasteiger partial charge in [0.25, 0.3) is 5.91 Å². The van der Waals surface area contributed by atoms with E-state index in [0.29, 0.717) is 0 Å². The zero-order valence-corrected chi connectivity index (χ0v) is 12.7. The number of hydrogen-bond acceptors (Lipinski definition) is 5. The molecule has 0 aromatic carbocycles. The summed E-state index contributed by atoms with van der Waals surface area (Å²) >= 11 is 1.23. The highest BCUT2D eigenvalue weighted by atomic mass is 32.1. The van der Waals surface area contributed by atoms with E-state index in [1.54, 1.807) is 0 Å². The maximum atomic E-state index is 12.5. The van der Waals surface area contributed by atoms with E-state index in [2.05, 4.69) is 28.8 Å². The van der Waals surface area contributed by atoms with E-state index in [0.717, 1.165) is 49.3 Å². The number of nitrogens with one attached hydrogen (secondary N) is 1. The summed E-state index contributed by atoms with van der Waals surface area (Å²) in [6.07, 6.45) is 3.80. The second kappa shape index (κ2) is 5.96. The first kappa shape index (κ1) is 14.4. The molecule has 1 aromatic rings. The van der Waals surface area contributed by atoms with Gasteiger partial charge >= 0.3 is 0 Å². The first-order chi connectivity index (χ1) is 9.09. The van der Waals surface area contributed by atoms with Crippen LogP contribution in [0.4, 0.5) is 0 Å². The van der Waals surface area contributed by atoms with Gasteiger partial charge in [-0.15, -0.1) is 5.10 Å². The highest BCUT2D eigenvalue weighted by Gasteiger charge is 2.32. The summed E-state index contributed by atoms with van der Waals surface area (Å²) < 4.78 is 3.93. The highest BCUT2D eigenvalue weighted by Crippen LogP contribution is 2.24. The van der Waals surface area contributed by atoms with Crippen LogP contribution in [0.25, 0.3) is 0 Å². The molecule has 2 rings (SSSR count). The zero-order chi connectivity index (χ0) is 13.9. The van der Waals surface area contributed by atoms with E-state index >= 15 is 0 Å². The smallest absolute Gasteiger partial charge is 0.267 e. The number of amides is 1. The monoisotopic (exact) mass is 282 g/mol. The number of rotatable bonds is 4. The number of carbonyl (C=O) groups is 1. The van der Waals surface area contributed by atoms with Gasteiger partial charge in [0.2, 0.25) is 0 Å². The minimum absolute atomic E-state index is 0.108. The first-order valence-corrected chi connectivity index (χ1v) is 7.66. The molecule has 0 aliphatic carbocycles. The second-order valence-electron chi connectivity index (χ2n) is 5.40. The van der Waals surface area contributed by atoms with Crippen LogP contribution in [0.15, 0.2) is 0 Å². The van der Waals surface area contributed by atoms with Gasteiger partial charge in [0.15, 0.2) is 0 Å². The molecule has 1 N–H and O–H groups in total. The van der Waals surface area contributed by atoms with Crippen molar-refractivity contribution in [2.24, 2.45) is 0 Å². The molecular formula is C13H22N4OS. The molecule has 1 saturated heterocycles. The fourth-order valence-corrected chi connectivity index (χ4v) is 3.04. The van der Waals surface area contributed by atoms with Gasteiger partial charge in [-0.3, -0.25) is 4.79 Å². The summed E-state index contributed by atoms with van der Waals surface area (Å²) in [6, 6.07) is 0. The molecule has 1 aliphatic heterocycles. The number of likely N-dealkylation sites (tertiary alicyclic amines) is 1. The molecule has 19 heavy (non-hydrogen) atoms. The van der Waals surface area contributed by atoms with Crippen LogP contribution in [0.1, 0.15) is 48.5 Å². The van der Waals surface area contributed by atoms with E-state index in [9.17, 15) is 4.79 Å². The van der Waals surface area contributed by atoms with E-state index in [1.807, 2.05) is 11.9 Å². The van der Waals surface area contributed by atoms with Gasteiger partial charge in [0, 0.05) is 18.6 Å². The normalized spacial score (nSPS) is 18.6. The molecule has 0 bridgehead atoms. The van der Waals surface area contributed by atoms with Crippen molar-refractivity contribution in [3.63, 3.8) is 0 Å². The van der Waals surface area contributed by atoms with E-state index in [4.69, 9.17) is 0 Å². The number of hydrogen-bond donors (Lipinski definition) is 1. The van der Waals surface area contributed by atoms with Crippen molar-refractivity contribution in [3.05, 3.63) is 10.6 Å². The molecule has 1 amide bonds. The van der Waals surface area contributed by atoms with Gasteiger partial charge in [0.1, 0.15) is 4.88 Å². The van der Waals surface area contributed by atoms with Crippen LogP contribution in [-0.2, 0) is 6.42 Å². The van der Waals surface area contributed by atoms with E-state index in [1.165, 1.54) is 11.5 Å². The lowest BCUT2D eigenvalue weighted by Crippen LogP contribution is -2.51. The summed E-state index contributed by atoms with van der Waals surface area (Å²) in [5.74, 6) is 0.108. The van der Waals surface area contributed by atoms with Crippen LogP contribution < -0.4 is 5.32 Å². The standard InChI is InChI=1S/C13H22N4OS/c1-4-5-10-11(19-16-15-10)12(18)17-8-6-13(2,14-3)7-9-17/h14H,4-9H2,1-3H3. The fourth-order valence-electron chi connectivity index (χ4n) is 2.37. The maximum absolute atomic E-state index is 12.5. The van der Waals surface area contributed by atoms with Crippen molar-refractivity contribution in [1.82, 2.24) is 19.8 Å². The average Bonchev–Trinajstić information content (AvgIpc) is 2.88. The average molecular weight is 282 g/mol. The Balaban J connectivity index is 2.03. The van der Waals surface area contributed by atoms with Crippen molar-refractivity contribution in [2.45, 2.75) is 45.1 Å². The highest BCUT2D eigenvalue weighted by molar-refractivity contribution is 7.08. The molecule has 0 spiro atoms. The van der Waals surface area contributed by atoms with Crippen molar-refractivity contribution in [1.29, 1.82) is 0 Å². The van der Waals surface area contributed by atoms with Crippen molar-refractivity contribution < 1.29 is 4.79 Å². The van der Waals surface area contributed by atoms with Gasteiger partial charge in [-0.2, -0.15) is 0 Å². The van der Waals surface area contributed by atoms with Gasteiger partial charge in [-0.25, -0.2) is 0 Å². The van der Waals surface area contributed by atoms with Crippen LogP contribution in [0.5, 0.6) is 0 Å². The predicted molar refractivity (Wildman–Crippen MR) is 76.5 cm³/mol. The van der Waals surface area contributed by atoms with Gasteiger partial charge in [-0.1, -0.05) is 17.8 Å². The third-order valence-electron chi connectivity index (χ3n) is 3.99. The molecule has 1 aromatic heterocycles. The molecule has 0 unspecified atom stereocenters. The minimum Gasteiger partial charge on any atom is -0.338 e. The minimum atomic E-state index is 0.108. The van der Waals surface area contributed by atoms with Crippen molar-refractivity contribution >= 4 is 17.4 Å². The summed E-state index contributed by atoms with van der Waals surface area (Å²) in [6.45, 7) is 5.91. The van der Waals surface area contributed by atoms with Crippen LogP contribution in [0, 0.1) is 0 Å². The van der Waals surface area contributed by atoms with Gasteiger partial charge in [0.05, 0.1) is 5.69 Å². The zero-order valence-electron chi connectivity index (χ0n) is 11.9. The molecular weight excluding hydrogens is 260 g/mol. The van der Waals surface area contributed by atoms with Crippen LogP contribution >= 0.6 is 11.5 Å². The maximum Gasteiger partial charge on any atom is 0.267 e. The third-order valence-corrected chi connectivity index (χ3v) is 4.75. The molecule has 106 valence electrons. The molecule has 0 radical (unpaired) electrons. The Hall–Kier alpha value is -1.01. The van der Waals surface area contributed by atoms with Crippen molar-refractivity contribution in [3.8, 4) is 0 Å². The van der Waals surface area contributed by atoms with E-state index < -0.39 is 0 Å². The lowest BCUT2D eigenvalue weighted by atomic mass is 9.90. The SMILES string of the molecule is CCCc1nnsc1C(=O)N1CCC(C)(NC)CC1. The molecule has 1 fully saturated rings. The molecule has 0 saturated carbocycles. The molecule has 2 heterocycles. The number of carbonyl (C=O) groups excluding carboxylic acids is 1. The lowest BCUT2D eigenvalue weighted by Gasteiger charge is -2.39. The molecule has 1 aliphatic rings. The first-order valence-electron chi connectivity index (χ1n) is 6.89. The number of aromatic nitrogens is 2. The van der Waals surface area contributed by atoms with Crippen LogP contribution in [0.3, 0.4) is 0 Å². The largest absolute Gasteiger partial charge is 0.338 e. The van der Waals surface area contributed by atoms with Crippen molar-refractivity contribution in [2.75, 3.05) is 20.1 Å². The number of piperidine rings is 1. The Morgan fingerprint density at radius 1 is 1.47 bits per heavy atom. The summed E-state index contributed by atoms with van der Waals surface area (Å²) in [4.78, 5) is 15.2.